The highest BCUT2D eigenvalue weighted by Crippen LogP contribution is 2.30. The van der Waals surface area contributed by atoms with Gasteiger partial charge in [0.15, 0.2) is 0 Å². The Morgan fingerprint density at radius 2 is 1.68 bits per heavy atom. The topological polar surface area (TPSA) is 75.6 Å². The normalized spacial score (nSPS) is 14.1. The SMILES string of the molecule is CC(C)(C)OC(=O)NC(CC(C)(C)C(F)F)C(=O)O. The molecule has 0 saturated carbocycles. The van der Waals surface area contributed by atoms with Crippen LogP contribution < -0.4 is 5.32 Å². The third kappa shape index (κ3) is 6.93. The maximum atomic E-state index is 12.7. The van der Waals surface area contributed by atoms with E-state index in [1.165, 1.54) is 13.8 Å². The largest absolute Gasteiger partial charge is 0.480 e. The number of carboxylic acid groups (broad SMARTS) is 1. The highest BCUT2D eigenvalue weighted by atomic mass is 19.3. The number of halogens is 2. The summed E-state index contributed by atoms with van der Waals surface area (Å²) in [6, 6.07) is -1.42. The van der Waals surface area contributed by atoms with Gasteiger partial charge in [-0.3, -0.25) is 0 Å². The number of carbonyl (C=O) groups excluding carboxylic acids is 1. The second-order valence-corrected chi connectivity index (χ2v) is 6.03. The number of aliphatic carboxylic acids is 1. The molecule has 0 aromatic rings. The summed E-state index contributed by atoms with van der Waals surface area (Å²) < 4.78 is 30.3. The smallest absolute Gasteiger partial charge is 0.408 e. The first-order valence-electron chi connectivity index (χ1n) is 5.85. The van der Waals surface area contributed by atoms with E-state index in [2.05, 4.69) is 5.32 Å². The van der Waals surface area contributed by atoms with Crippen LogP contribution in [0.2, 0.25) is 0 Å². The average Bonchev–Trinajstić information content (AvgIpc) is 2.12. The van der Waals surface area contributed by atoms with Gasteiger partial charge in [-0.25, -0.2) is 18.4 Å². The maximum Gasteiger partial charge on any atom is 0.408 e. The van der Waals surface area contributed by atoms with E-state index in [-0.39, 0.29) is 6.42 Å². The molecule has 1 amide bonds. The Hall–Kier alpha value is -1.40. The van der Waals surface area contributed by atoms with E-state index >= 15 is 0 Å². The van der Waals surface area contributed by atoms with Crippen LogP contribution in [0.3, 0.4) is 0 Å². The van der Waals surface area contributed by atoms with Crippen LogP contribution in [0.4, 0.5) is 13.6 Å². The first-order chi connectivity index (χ1) is 8.35. The van der Waals surface area contributed by atoms with Gasteiger partial charge in [-0.1, -0.05) is 13.8 Å². The van der Waals surface area contributed by atoms with E-state index in [1.54, 1.807) is 20.8 Å². The lowest BCUT2D eigenvalue weighted by molar-refractivity contribution is -0.141. The molecule has 19 heavy (non-hydrogen) atoms. The van der Waals surface area contributed by atoms with Crippen LogP contribution in [-0.2, 0) is 9.53 Å². The fourth-order valence-electron chi connectivity index (χ4n) is 1.27. The Bertz CT molecular complexity index is 337. The van der Waals surface area contributed by atoms with Gasteiger partial charge < -0.3 is 15.2 Å². The van der Waals surface area contributed by atoms with Crippen LogP contribution in [0.1, 0.15) is 41.0 Å². The number of rotatable bonds is 5. The Balaban J connectivity index is 4.69. The van der Waals surface area contributed by atoms with Crippen molar-refractivity contribution >= 4 is 12.1 Å². The van der Waals surface area contributed by atoms with Crippen molar-refractivity contribution in [3.63, 3.8) is 0 Å². The first-order valence-corrected chi connectivity index (χ1v) is 5.85. The third-order valence-corrected chi connectivity index (χ3v) is 2.31. The molecule has 0 bridgehead atoms. The van der Waals surface area contributed by atoms with Gasteiger partial charge in [0, 0.05) is 5.41 Å². The van der Waals surface area contributed by atoms with Crippen LogP contribution in [0.5, 0.6) is 0 Å². The molecule has 7 heteroatoms. The zero-order valence-electron chi connectivity index (χ0n) is 11.8. The Morgan fingerprint density at radius 3 is 2.00 bits per heavy atom. The lowest BCUT2D eigenvalue weighted by atomic mass is 9.86. The highest BCUT2D eigenvalue weighted by molar-refractivity contribution is 5.80. The van der Waals surface area contributed by atoms with E-state index < -0.39 is 35.5 Å². The number of hydrogen-bond acceptors (Lipinski definition) is 3. The molecule has 2 N–H and O–H groups in total. The predicted octanol–water partition coefficient (Wildman–Crippen LogP) is 2.65. The summed E-state index contributed by atoms with van der Waals surface area (Å²) in [5.41, 5.74) is -2.30. The molecule has 0 aliphatic carbocycles. The van der Waals surface area contributed by atoms with E-state index in [0.717, 1.165) is 0 Å². The Kier molecular flexibility index (Phi) is 5.71. The number of carboxylic acids is 1. The van der Waals surface area contributed by atoms with E-state index in [9.17, 15) is 18.4 Å². The Labute approximate surface area is 111 Å². The van der Waals surface area contributed by atoms with Crippen molar-refractivity contribution in [3.05, 3.63) is 0 Å². The summed E-state index contributed by atoms with van der Waals surface area (Å²) in [6.45, 7) is 7.33. The van der Waals surface area contributed by atoms with Crippen molar-refractivity contribution in [1.29, 1.82) is 0 Å². The van der Waals surface area contributed by atoms with Crippen molar-refractivity contribution in [3.8, 4) is 0 Å². The van der Waals surface area contributed by atoms with Gasteiger partial charge >= 0.3 is 12.1 Å². The first kappa shape index (κ1) is 17.6. The van der Waals surface area contributed by atoms with Gasteiger partial charge in [-0.2, -0.15) is 0 Å². The van der Waals surface area contributed by atoms with Crippen LogP contribution in [0.15, 0.2) is 0 Å². The molecule has 112 valence electrons. The van der Waals surface area contributed by atoms with Crippen molar-refractivity contribution in [2.45, 2.75) is 59.1 Å². The molecule has 0 spiro atoms. The summed E-state index contributed by atoms with van der Waals surface area (Å²) >= 11 is 0. The fraction of sp³-hybridized carbons (Fsp3) is 0.833. The zero-order chi connectivity index (χ0) is 15.4. The Morgan fingerprint density at radius 1 is 1.21 bits per heavy atom. The molecule has 0 rings (SSSR count). The predicted molar refractivity (Wildman–Crippen MR) is 65.2 cm³/mol. The van der Waals surface area contributed by atoms with E-state index in [0.29, 0.717) is 0 Å². The molecule has 0 aliphatic heterocycles. The molecule has 0 aromatic carbocycles. The molecule has 0 aliphatic rings. The minimum absolute atomic E-state index is 0.390. The number of nitrogens with one attached hydrogen (secondary N) is 1. The van der Waals surface area contributed by atoms with Crippen molar-refractivity contribution in [2.75, 3.05) is 0 Å². The van der Waals surface area contributed by atoms with Gasteiger partial charge in [0.05, 0.1) is 0 Å². The number of alkyl halides is 2. The zero-order valence-corrected chi connectivity index (χ0v) is 11.8. The van der Waals surface area contributed by atoms with Crippen LogP contribution in [0, 0.1) is 5.41 Å². The minimum atomic E-state index is -2.69. The van der Waals surface area contributed by atoms with Gasteiger partial charge in [-0.15, -0.1) is 0 Å². The van der Waals surface area contributed by atoms with Gasteiger partial charge in [0.2, 0.25) is 6.43 Å². The summed E-state index contributed by atoms with van der Waals surface area (Å²) in [6.07, 6.45) is -4.01. The monoisotopic (exact) mass is 281 g/mol. The standard InChI is InChI=1S/C12H21F2NO4/c1-11(2,3)19-10(18)15-7(8(16)17)6-12(4,5)9(13)14/h7,9H,6H2,1-5H3,(H,15,18)(H,16,17). The second-order valence-electron chi connectivity index (χ2n) is 6.03. The number of hydrogen-bond donors (Lipinski definition) is 2. The van der Waals surface area contributed by atoms with Crippen molar-refractivity contribution in [1.82, 2.24) is 5.32 Å². The molecule has 1 unspecified atom stereocenters. The average molecular weight is 281 g/mol. The molecule has 5 nitrogen and oxygen atoms in total. The number of ether oxygens (including phenoxy) is 1. The third-order valence-electron chi connectivity index (χ3n) is 2.31. The number of amides is 1. The molecule has 0 saturated heterocycles. The molecule has 0 aromatic heterocycles. The van der Waals surface area contributed by atoms with E-state index in [4.69, 9.17) is 9.84 Å². The summed E-state index contributed by atoms with van der Waals surface area (Å²) in [4.78, 5) is 22.4. The number of carbonyl (C=O) groups is 2. The van der Waals surface area contributed by atoms with Crippen LogP contribution in [-0.4, -0.2) is 35.2 Å². The molecule has 1 atom stereocenters. The molecular weight excluding hydrogens is 260 g/mol. The van der Waals surface area contributed by atoms with Crippen LogP contribution >= 0.6 is 0 Å². The van der Waals surface area contributed by atoms with Crippen molar-refractivity contribution in [2.24, 2.45) is 5.41 Å². The van der Waals surface area contributed by atoms with Crippen molar-refractivity contribution < 1.29 is 28.2 Å². The van der Waals surface area contributed by atoms with Crippen LogP contribution in [0.25, 0.3) is 0 Å². The summed E-state index contributed by atoms with van der Waals surface area (Å²) in [5.74, 6) is -1.38. The van der Waals surface area contributed by atoms with E-state index in [1.807, 2.05) is 0 Å². The lowest BCUT2D eigenvalue weighted by Crippen LogP contribution is -2.46. The molecule has 0 heterocycles. The van der Waals surface area contributed by atoms with Gasteiger partial charge in [-0.05, 0) is 27.2 Å². The number of alkyl carbamates (subject to hydrolysis) is 1. The lowest BCUT2D eigenvalue weighted by Gasteiger charge is -2.28. The maximum absolute atomic E-state index is 12.7. The quantitative estimate of drug-likeness (QED) is 0.812. The van der Waals surface area contributed by atoms with Gasteiger partial charge in [0.25, 0.3) is 0 Å². The second kappa shape index (κ2) is 6.16. The fourth-order valence-corrected chi connectivity index (χ4v) is 1.27. The molecule has 0 fully saturated rings. The van der Waals surface area contributed by atoms with Gasteiger partial charge in [0.1, 0.15) is 11.6 Å². The molecular formula is C12H21F2NO4. The molecule has 0 radical (unpaired) electrons. The summed E-state index contributed by atoms with van der Waals surface area (Å²) in [7, 11) is 0. The summed E-state index contributed by atoms with van der Waals surface area (Å²) in [5, 5.41) is 11.0. The minimum Gasteiger partial charge on any atom is -0.480 e. The highest BCUT2D eigenvalue weighted by Gasteiger charge is 2.36.